The molecular formula is C12H21NO. The highest BCUT2D eigenvalue weighted by Crippen LogP contribution is 2.41. The van der Waals surface area contributed by atoms with Crippen LogP contribution in [-0.2, 0) is 4.79 Å². The number of ketones is 1. The van der Waals surface area contributed by atoms with Crippen molar-refractivity contribution in [3.05, 3.63) is 0 Å². The van der Waals surface area contributed by atoms with Gasteiger partial charge in [-0.3, -0.25) is 9.69 Å². The number of Topliss-reactive ketones (excluding diaryl/α,β-unsaturated/α-hetero) is 1. The molecule has 1 saturated carbocycles. The SMILES string of the molecule is CCC(=O)C1CC2CCCC2N1CC. The topological polar surface area (TPSA) is 20.3 Å². The minimum absolute atomic E-state index is 0.264. The lowest BCUT2D eigenvalue weighted by atomic mass is 9.99. The summed E-state index contributed by atoms with van der Waals surface area (Å²) in [6, 6.07) is 1.00. The van der Waals surface area contributed by atoms with Crippen LogP contribution in [0.1, 0.15) is 46.0 Å². The van der Waals surface area contributed by atoms with Crippen molar-refractivity contribution in [2.45, 2.75) is 58.0 Å². The highest BCUT2D eigenvalue weighted by Gasteiger charge is 2.44. The molecule has 1 aliphatic heterocycles. The molecule has 3 unspecified atom stereocenters. The molecule has 0 aromatic rings. The van der Waals surface area contributed by atoms with Gasteiger partial charge in [0.05, 0.1) is 6.04 Å². The minimum Gasteiger partial charge on any atom is -0.298 e. The van der Waals surface area contributed by atoms with Crippen LogP contribution in [0.15, 0.2) is 0 Å². The molecule has 0 radical (unpaired) electrons. The monoisotopic (exact) mass is 195 g/mol. The van der Waals surface area contributed by atoms with E-state index in [1.54, 1.807) is 0 Å². The zero-order valence-corrected chi connectivity index (χ0v) is 9.33. The largest absolute Gasteiger partial charge is 0.298 e. The molecule has 2 aliphatic rings. The molecular weight excluding hydrogens is 174 g/mol. The van der Waals surface area contributed by atoms with Gasteiger partial charge < -0.3 is 0 Å². The Kier molecular flexibility index (Phi) is 2.91. The molecule has 0 N–H and O–H groups in total. The summed E-state index contributed by atoms with van der Waals surface area (Å²) in [6.45, 7) is 5.23. The van der Waals surface area contributed by atoms with E-state index in [2.05, 4.69) is 11.8 Å². The smallest absolute Gasteiger partial charge is 0.149 e. The molecule has 80 valence electrons. The maximum atomic E-state index is 11.8. The van der Waals surface area contributed by atoms with Gasteiger partial charge in [0.15, 0.2) is 0 Å². The second-order valence-corrected chi connectivity index (χ2v) is 4.66. The van der Waals surface area contributed by atoms with Crippen molar-refractivity contribution in [2.75, 3.05) is 6.54 Å². The van der Waals surface area contributed by atoms with Gasteiger partial charge >= 0.3 is 0 Å². The molecule has 3 atom stereocenters. The third kappa shape index (κ3) is 1.50. The Hall–Kier alpha value is -0.370. The van der Waals surface area contributed by atoms with Crippen molar-refractivity contribution in [1.82, 2.24) is 4.90 Å². The maximum absolute atomic E-state index is 11.8. The predicted molar refractivity (Wildman–Crippen MR) is 57.2 cm³/mol. The van der Waals surface area contributed by atoms with E-state index in [1.165, 1.54) is 19.3 Å². The first-order valence-corrected chi connectivity index (χ1v) is 6.06. The highest BCUT2D eigenvalue weighted by atomic mass is 16.1. The summed E-state index contributed by atoms with van der Waals surface area (Å²) < 4.78 is 0. The van der Waals surface area contributed by atoms with Crippen molar-refractivity contribution < 1.29 is 4.79 Å². The zero-order valence-electron chi connectivity index (χ0n) is 9.33. The summed E-state index contributed by atoms with van der Waals surface area (Å²) in [5.41, 5.74) is 0. The number of carbonyl (C=O) groups excluding carboxylic acids is 1. The van der Waals surface area contributed by atoms with Gasteiger partial charge in [-0.1, -0.05) is 20.3 Å². The first-order chi connectivity index (χ1) is 6.77. The van der Waals surface area contributed by atoms with Crippen LogP contribution in [0.4, 0.5) is 0 Å². The molecule has 2 nitrogen and oxygen atoms in total. The lowest BCUT2D eigenvalue weighted by Gasteiger charge is -2.26. The van der Waals surface area contributed by atoms with Crippen LogP contribution in [0.2, 0.25) is 0 Å². The fourth-order valence-electron chi connectivity index (χ4n) is 3.39. The number of likely N-dealkylation sites (N-methyl/N-ethyl adjacent to an activating group) is 1. The number of fused-ring (bicyclic) bond motifs is 1. The summed E-state index contributed by atoms with van der Waals surface area (Å²) in [5.74, 6) is 1.29. The molecule has 2 fully saturated rings. The van der Waals surface area contributed by atoms with E-state index in [-0.39, 0.29) is 6.04 Å². The lowest BCUT2D eigenvalue weighted by Crippen LogP contribution is -2.40. The maximum Gasteiger partial charge on any atom is 0.149 e. The van der Waals surface area contributed by atoms with Crippen molar-refractivity contribution in [1.29, 1.82) is 0 Å². The molecule has 14 heavy (non-hydrogen) atoms. The lowest BCUT2D eigenvalue weighted by molar-refractivity contribution is -0.123. The summed E-state index contributed by atoms with van der Waals surface area (Å²) in [5, 5.41) is 0. The first kappa shape index (κ1) is 10.2. The third-order valence-corrected chi connectivity index (χ3v) is 4.06. The van der Waals surface area contributed by atoms with E-state index in [0.717, 1.165) is 24.9 Å². The fraction of sp³-hybridized carbons (Fsp3) is 0.917. The molecule has 2 heteroatoms. The number of nitrogens with zero attached hydrogens (tertiary/aromatic N) is 1. The Morgan fingerprint density at radius 2 is 2.14 bits per heavy atom. The van der Waals surface area contributed by atoms with E-state index in [9.17, 15) is 4.79 Å². The second kappa shape index (κ2) is 4.01. The van der Waals surface area contributed by atoms with Crippen LogP contribution in [-0.4, -0.2) is 29.3 Å². The Labute approximate surface area is 86.7 Å². The number of likely N-dealkylation sites (tertiary alicyclic amines) is 1. The number of hydrogen-bond acceptors (Lipinski definition) is 2. The van der Waals surface area contributed by atoms with Crippen molar-refractivity contribution in [3.63, 3.8) is 0 Å². The normalized spacial score (nSPS) is 37.4. The molecule has 0 spiro atoms. The fourth-order valence-corrected chi connectivity index (χ4v) is 3.39. The number of hydrogen-bond donors (Lipinski definition) is 0. The average molecular weight is 195 g/mol. The van der Waals surface area contributed by atoms with Gasteiger partial charge in [0.1, 0.15) is 5.78 Å². The van der Waals surface area contributed by atoms with E-state index < -0.39 is 0 Å². The van der Waals surface area contributed by atoms with Crippen molar-refractivity contribution >= 4 is 5.78 Å². The van der Waals surface area contributed by atoms with Gasteiger partial charge in [0.25, 0.3) is 0 Å². The molecule has 0 amide bonds. The number of rotatable bonds is 3. The Morgan fingerprint density at radius 1 is 1.36 bits per heavy atom. The molecule has 2 rings (SSSR count). The van der Waals surface area contributed by atoms with Gasteiger partial charge in [-0.15, -0.1) is 0 Å². The van der Waals surface area contributed by atoms with Crippen LogP contribution in [0.3, 0.4) is 0 Å². The minimum atomic E-state index is 0.264. The quantitative estimate of drug-likeness (QED) is 0.688. The molecule has 1 aliphatic carbocycles. The van der Waals surface area contributed by atoms with E-state index >= 15 is 0 Å². The van der Waals surface area contributed by atoms with Gasteiger partial charge in [-0.2, -0.15) is 0 Å². The van der Waals surface area contributed by atoms with Gasteiger partial charge in [0, 0.05) is 12.5 Å². The van der Waals surface area contributed by atoms with E-state index in [0.29, 0.717) is 12.2 Å². The number of carbonyl (C=O) groups is 1. The standard InChI is InChI=1S/C12H21NO/c1-3-12(14)11-8-9-6-5-7-10(9)13(11)4-2/h9-11H,3-8H2,1-2H3. The molecule has 0 aromatic heterocycles. The van der Waals surface area contributed by atoms with Crippen LogP contribution in [0.5, 0.6) is 0 Å². The summed E-state index contributed by atoms with van der Waals surface area (Å²) in [4.78, 5) is 14.2. The second-order valence-electron chi connectivity index (χ2n) is 4.66. The molecule has 0 aromatic carbocycles. The Balaban J connectivity index is 2.09. The van der Waals surface area contributed by atoms with Crippen molar-refractivity contribution in [3.8, 4) is 0 Å². The van der Waals surface area contributed by atoms with E-state index in [1.807, 2.05) is 6.92 Å². The molecule has 1 heterocycles. The Morgan fingerprint density at radius 3 is 2.79 bits per heavy atom. The molecule has 0 bridgehead atoms. The molecule has 1 saturated heterocycles. The first-order valence-electron chi connectivity index (χ1n) is 6.06. The highest BCUT2D eigenvalue weighted by molar-refractivity contribution is 5.84. The van der Waals surface area contributed by atoms with Gasteiger partial charge in [-0.05, 0) is 31.7 Å². The summed E-state index contributed by atoms with van der Waals surface area (Å²) in [7, 11) is 0. The van der Waals surface area contributed by atoms with Gasteiger partial charge in [-0.25, -0.2) is 0 Å². The van der Waals surface area contributed by atoms with E-state index in [4.69, 9.17) is 0 Å². The van der Waals surface area contributed by atoms with Crippen molar-refractivity contribution in [2.24, 2.45) is 5.92 Å². The summed E-state index contributed by atoms with van der Waals surface area (Å²) >= 11 is 0. The Bertz CT molecular complexity index is 226. The van der Waals surface area contributed by atoms with Crippen LogP contribution >= 0.6 is 0 Å². The van der Waals surface area contributed by atoms with Crippen LogP contribution in [0.25, 0.3) is 0 Å². The average Bonchev–Trinajstić information content (AvgIpc) is 2.74. The third-order valence-electron chi connectivity index (χ3n) is 4.06. The summed E-state index contributed by atoms with van der Waals surface area (Å²) in [6.07, 6.45) is 5.91. The zero-order chi connectivity index (χ0) is 10.1. The van der Waals surface area contributed by atoms with Gasteiger partial charge in [0.2, 0.25) is 0 Å². The predicted octanol–water partition coefficient (Wildman–Crippen LogP) is 2.23. The van der Waals surface area contributed by atoms with Crippen LogP contribution in [0, 0.1) is 5.92 Å². The van der Waals surface area contributed by atoms with Crippen LogP contribution < -0.4 is 0 Å².